The van der Waals surface area contributed by atoms with Crippen molar-refractivity contribution in [2.75, 3.05) is 20.8 Å². The molecule has 1 aromatic rings. The summed E-state index contributed by atoms with van der Waals surface area (Å²) in [5.74, 6) is -1.76. The second-order valence-electron chi connectivity index (χ2n) is 6.62. The van der Waals surface area contributed by atoms with E-state index in [0.717, 1.165) is 0 Å². The minimum atomic E-state index is -0.629. The quantitative estimate of drug-likeness (QED) is 0.571. The van der Waals surface area contributed by atoms with Gasteiger partial charge in [-0.3, -0.25) is 19.2 Å². The van der Waals surface area contributed by atoms with Crippen molar-refractivity contribution in [3.63, 3.8) is 0 Å². The second-order valence-corrected chi connectivity index (χ2v) is 6.62. The molecule has 156 valence electrons. The number of furan rings is 1. The van der Waals surface area contributed by atoms with E-state index in [-0.39, 0.29) is 31.2 Å². The molecule has 2 N–H and O–H groups in total. The summed E-state index contributed by atoms with van der Waals surface area (Å²) < 4.78 is 14.7. The Hall–Kier alpha value is -2.84. The van der Waals surface area contributed by atoms with E-state index in [0.29, 0.717) is 11.5 Å². The summed E-state index contributed by atoms with van der Waals surface area (Å²) in [6.45, 7) is 5.04. The third-order valence-electron chi connectivity index (χ3n) is 4.20. The number of ether oxygens (including phenoxy) is 2. The highest BCUT2D eigenvalue weighted by molar-refractivity contribution is 5.84. The monoisotopic (exact) mass is 396 g/mol. The highest BCUT2D eigenvalue weighted by atomic mass is 16.5. The van der Waals surface area contributed by atoms with Crippen LogP contribution >= 0.6 is 0 Å². The zero-order chi connectivity index (χ0) is 21.3. The van der Waals surface area contributed by atoms with Gasteiger partial charge in [0.25, 0.3) is 0 Å². The number of hydrogen-bond donors (Lipinski definition) is 2. The minimum absolute atomic E-state index is 0.0462. The molecule has 2 amide bonds. The van der Waals surface area contributed by atoms with E-state index >= 15 is 0 Å². The van der Waals surface area contributed by atoms with Gasteiger partial charge in [0.15, 0.2) is 0 Å². The topological polar surface area (TPSA) is 124 Å². The highest BCUT2D eigenvalue weighted by Gasteiger charge is 2.25. The van der Waals surface area contributed by atoms with Crippen molar-refractivity contribution in [1.29, 1.82) is 0 Å². The van der Waals surface area contributed by atoms with Crippen LogP contribution in [0.25, 0.3) is 0 Å². The Kier molecular flexibility index (Phi) is 9.20. The molecule has 0 fully saturated rings. The van der Waals surface area contributed by atoms with Gasteiger partial charge in [-0.1, -0.05) is 13.8 Å². The summed E-state index contributed by atoms with van der Waals surface area (Å²) in [6, 6.07) is 2.82. The third kappa shape index (κ3) is 7.42. The van der Waals surface area contributed by atoms with Crippen molar-refractivity contribution in [2.24, 2.45) is 11.8 Å². The van der Waals surface area contributed by atoms with Gasteiger partial charge in [0.1, 0.15) is 17.6 Å². The largest absolute Gasteiger partial charge is 0.469 e. The van der Waals surface area contributed by atoms with Crippen LogP contribution in [0, 0.1) is 18.8 Å². The number of aryl methyl sites for hydroxylation is 1. The van der Waals surface area contributed by atoms with Crippen LogP contribution < -0.4 is 10.6 Å². The maximum Gasteiger partial charge on any atom is 0.306 e. The summed E-state index contributed by atoms with van der Waals surface area (Å²) in [5.41, 5.74) is 0. The van der Waals surface area contributed by atoms with Gasteiger partial charge < -0.3 is 24.5 Å². The molecule has 1 aromatic heterocycles. The first-order valence-electron chi connectivity index (χ1n) is 8.95. The van der Waals surface area contributed by atoms with Gasteiger partial charge in [-0.25, -0.2) is 0 Å². The number of carbonyl (C=O) groups is 4. The van der Waals surface area contributed by atoms with Crippen LogP contribution in [0.15, 0.2) is 16.5 Å². The average Bonchev–Trinajstić information content (AvgIpc) is 3.10. The lowest BCUT2D eigenvalue weighted by Gasteiger charge is -2.21. The molecule has 3 unspecified atom stereocenters. The number of rotatable bonds is 10. The maximum absolute atomic E-state index is 12.4. The zero-order valence-electron chi connectivity index (χ0n) is 16.9. The molecular weight excluding hydrogens is 368 g/mol. The first kappa shape index (κ1) is 23.2. The average molecular weight is 396 g/mol. The van der Waals surface area contributed by atoms with Gasteiger partial charge >= 0.3 is 11.9 Å². The minimum Gasteiger partial charge on any atom is -0.469 e. The molecule has 9 nitrogen and oxygen atoms in total. The Labute approximate surface area is 164 Å². The van der Waals surface area contributed by atoms with Crippen LogP contribution in [0.2, 0.25) is 0 Å². The van der Waals surface area contributed by atoms with Crippen molar-refractivity contribution in [1.82, 2.24) is 10.6 Å². The van der Waals surface area contributed by atoms with Crippen molar-refractivity contribution >= 4 is 23.8 Å². The van der Waals surface area contributed by atoms with Crippen molar-refractivity contribution in [3.05, 3.63) is 23.7 Å². The third-order valence-corrected chi connectivity index (χ3v) is 4.20. The normalized spacial score (nSPS) is 13.8. The standard InChI is InChI=1S/C19H28N2O7/c1-11(8-16(22)26-4)18(24)20-10-14(15-7-6-13(3)28-15)21-19(25)12(2)9-17(23)27-5/h6-7,11-12,14H,8-10H2,1-5H3,(H,20,24)(H,21,25). The van der Waals surface area contributed by atoms with Crippen LogP contribution in [-0.4, -0.2) is 44.5 Å². The predicted octanol–water partition coefficient (Wildman–Crippen LogP) is 1.26. The Morgan fingerprint density at radius 3 is 1.96 bits per heavy atom. The molecule has 0 bridgehead atoms. The SMILES string of the molecule is COC(=O)CC(C)C(=O)NCC(NC(=O)C(C)CC(=O)OC)c1ccc(C)o1. The predicted molar refractivity (Wildman–Crippen MR) is 98.9 cm³/mol. The first-order chi connectivity index (χ1) is 13.2. The van der Waals surface area contributed by atoms with Crippen LogP contribution in [0.3, 0.4) is 0 Å². The molecule has 1 heterocycles. The van der Waals surface area contributed by atoms with E-state index in [4.69, 9.17) is 4.42 Å². The highest BCUT2D eigenvalue weighted by Crippen LogP contribution is 2.17. The lowest BCUT2D eigenvalue weighted by atomic mass is 10.1. The Bertz CT molecular complexity index is 698. The van der Waals surface area contributed by atoms with Gasteiger partial charge in [0.05, 0.1) is 27.1 Å². The number of nitrogens with one attached hydrogen (secondary N) is 2. The molecule has 28 heavy (non-hydrogen) atoms. The van der Waals surface area contributed by atoms with Crippen LogP contribution in [0.5, 0.6) is 0 Å². The van der Waals surface area contributed by atoms with Crippen molar-refractivity contribution < 1.29 is 33.1 Å². The molecule has 3 atom stereocenters. The van der Waals surface area contributed by atoms with E-state index in [1.807, 2.05) is 0 Å². The molecule has 0 radical (unpaired) electrons. The molecule has 0 aliphatic rings. The molecule has 9 heteroatoms. The van der Waals surface area contributed by atoms with Crippen molar-refractivity contribution in [3.8, 4) is 0 Å². The smallest absolute Gasteiger partial charge is 0.306 e. The zero-order valence-corrected chi connectivity index (χ0v) is 16.9. The number of methoxy groups -OCH3 is 2. The number of hydrogen-bond acceptors (Lipinski definition) is 7. The van der Waals surface area contributed by atoms with Gasteiger partial charge in [0.2, 0.25) is 11.8 Å². The maximum atomic E-state index is 12.4. The van der Waals surface area contributed by atoms with Crippen LogP contribution in [0.4, 0.5) is 0 Å². The van der Waals surface area contributed by atoms with Crippen LogP contribution in [0.1, 0.15) is 44.3 Å². The van der Waals surface area contributed by atoms with Gasteiger partial charge in [-0.15, -0.1) is 0 Å². The number of carbonyl (C=O) groups excluding carboxylic acids is 4. The van der Waals surface area contributed by atoms with Gasteiger partial charge in [-0.05, 0) is 19.1 Å². The van der Waals surface area contributed by atoms with E-state index in [1.54, 1.807) is 32.9 Å². The number of esters is 2. The van der Waals surface area contributed by atoms with Crippen molar-refractivity contribution in [2.45, 2.75) is 39.7 Å². The summed E-state index contributed by atoms with van der Waals surface area (Å²) >= 11 is 0. The second kappa shape index (κ2) is 11.1. The molecule has 0 spiro atoms. The fourth-order valence-electron chi connectivity index (χ4n) is 2.41. The fourth-order valence-corrected chi connectivity index (χ4v) is 2.41. The van der Waals surface area contributed by atoms with Gasteiger partial charge in [-0.2, -0.15) is 0 Å². The lowest BCUT2D eigenvalue weighted by Crippen LogP contribution is -2.41. The first-order valence-corrected chi connectivity index (χ1v) is 8.95. The van der Waals surface area contributed by atoms with E-state index in [9.17, 15) is 19.2 Å². The Morgan fingerprint density at radius 1 is 0.964 bits per heavy atom. The summed E-state index contributed by atoms with van der Waals surface area (Å²) in [5, 5.41) is 5.48. The summed E-state index contributed by atoms with van der Waals surface area (Å²) in [7, 11) is 2.51. The Morgan fingerprint density at radius 2 is 1.50 bits per heavy atom. The molecule has 0 aliphatic carbocycles. The molecule has 0 saturated heterocycles. The summed E-state index contributed by atoms with van der Waals surface area (Å²) in [4.78, 5) is 47.3. The van der Waals surface area contributed by atoms with Gasteiger partial charge in [0, 0.05) is 18.4 Å². The van der Waals surface area contributed by atoms with Crippen LogP contribution in [-0.2, 0) is 28.7 Å². The van der Waals surface area contributed by atoms with E-state index in [2.05, 4.69) is 20.1 Å². The van der Waals surface area contributed by atoms with E-state index in [1.165, 1.54) is 14.2 Å². The molecule has 1 rings (SSSR count). The molecular formula is C19H28N2O7. The lowest BCUT2D eigenvalue weighted by molar-refractivity contribution is -0.144. The summed E-state index contributed by atoms with van der Waals surface area (Å²) in [6.07, 6.45) is -0.107. The Balaban J connectivity index is 2.76. The molecule has 0 aromatic carbocycles. The fraction of sp³-hybridized carbons (Fsp3) is 0.579. The molecule has 0 saturated carbocycles. The molecule has 0 aliphatic heterocycles. The van der Waals surface area contributed by atoms with E-state index < -0.39 is 29.8 Å². The number of amides is 2.